The standard InChI is InChI=1S/C17H27NO2/c1-16(19,14-7-9-15(20-2)10-8-14)17(13-18)11-5-3-4-6-12-17/h7-10,19H,3-6,11-13,18H2,1-2H3. The maximum absolute atomic E-state index is 11.2. The van der Waals surface area contributed by atoms with E-state index in [2.05, 4.69) is 0 Å². The van der Waals surface area contributed by atoms with Crippen molar-refractivity contribution in [2.75, 3.05) is 13.7 Å². The Morgan fingerprint density at radius 1 is 1.15 bits per heavy atom. The Hall–Kier alpha value is -1.06. The number of benzene rings is 1. The smallest absolute Gasteiger partial charge is 0.118 e. The minimum atomic E-state index is -0.891. The lowest BCUT2D eigenvalue weighted by Gasteiger charge is -2.45. The van der Waals surface area contributed by atoms with Crippen molar-refractivity contribution >= 4 is 0 Å². The van der Waals surface area contributed by atoms with Gasteiger partial charge in [0, 0.05) is 12.0 Å². The van der Waals surface area contributed by atoms with E-state index in [0.29, 0.717) is 6.54 Å². The molecule has 1 unspecified atom stereocenters. The average molecular weight is 277 g/mol. The highest BCUT2D eigenvalue weighted by Gasteiger charge is 2.46. The van der Waals surface area contributed by atoms with E-state index in [9.17, 15) is 5.11 Å². The fourth-order valence-electron chi connectivity index (χ4n) is 3.52. The summed E-state index contributed by atoms with van der Waals surface area (Å²) in [6, 6.07) is 7.73. The van der Waals surface area contributed by atoms with Crippen molar-refractivity contribution in [3.8, 4) is 5.75 Å². The normalized spacial score (nSPS) is 21.8. The lowest BCUT2D eigenvalue weighted by molar-refractivity contribution is -0.0814. The number of methoxy groups -OCH3 is 1. The Labute approximate surface area is 122 Å². The summed E-state index contributed by atoms with van der Waals surface area (Å²) in [5.41, 5.74) is 5.94. The van der Waals surface area contributed by atoms with Gasteiger partial charge in [-0.25, -0.2) is 0 Å². The predicted octanol–water partition coefficient (Wildman–Crippen LogP) is 3.20. The Bertz CT molecular complexity index is 417. The molecule has 1 saturated carbocycles. The van der Waals surface area contributed by atoms with Crippen LogP contribution < -0.4 is 10.5 Å². The van der Waals surface area contributed by atoms with E-state index < -0.39 is 5.60 Å². The number of nitrogens with two attached hydrogens (primary N) is 1. The van der Waals surface area contributed by atoms with Crippen LogP contribution >= 0.6 is 0 Å². The van der Waals surface area contributed by atoms with E-state index in [-0.39, 0.29) is 5.41 Å². The van der Waals surface area contributed by atoms with Gasteiger partial charge in [0.2, 0.25) is 0 Å². The van der Waals surface area contributed by atoms with E-state index in [1.54, 1.807) is 7.11 Å². The molecule has 0 saturated heterocycles. The molecule has 1 aliphatic rings. The van der Waals surface area contributed by atoms with Gasteiger partial charge in [-0.1, -0.05) is 37.8 Å². The first kappa shape index (κ1) is 15.3. The summed E-state index contributed by atoms with van der Waals surface area (Å²) < 4.78 is 5.19. The van der Waals surface area contributed by atoms with Crippen LogP contribution in [0.2, 0.25) is 0 Å². The van der Waals surface area contributed by atoms with Crippen LogP contribution in [0.1, 0.15) is 51.0 Å². The molecule has 0 heterocycles. The second-order valence-corrected chi connectivity index (χ2v) is 6.20. The predicted molar refractivity (Wildman–Crippen MR) is 81.8 cm³/mol. The number of rotatable bonds is 4. The second kappa shape index (κ2) is 6.15. The summed E-state index contributed by atoms with van der Waals surface area (Å²) in [5, 5.41) is 11.2. The van der Waals surface area contributed by atoms with E-state index in [1.165, 1.54) is 12.8 Å². The van der Waals surface area contributed by atoms with Crippen LogP contribution in [0.3, 0.4) is 0 Å². The highest BCUT2D eigenvalue weighted by molar-refractivity contribution is 5.32. The molecule has 1 aromatic rings. The molecule has 1 aliphatic carbocycles. The molecule has 1 fully saturated rings. The molecule has 0 amide bonds. The van der Waals surface area contributed by atoms with Crippen LogP contribution in [0, 0.1) is 5.41 Å². The quantitative estimate of drug-likeness (QED) is 0.831. The maximum atomic E-state index is 11.2. The molecule has 0 aliphatic heterocycles. The molecule has 3 heteroatoms. The Morgan fingerprint density at radius 3 is 2.15 bits per heavy atom. The summed E-state index contributed by atoms with van der Waals surface area (Å²) in [7, 11) is 1.65. The van der Waals surface area contributed by atoms with Gasteiger partial charge in [0.25, 0.3) is 0 Å². The first-order valence-corrected chi connectivity index (χ1v) is 7.63. The zero-order chi connectivity index (χ0) is 14.6. The van der Waals surface area contributed by atoms with Crippen LogP contribution in [0.15, 0.2) is 24.3 Å². The van der Waals surface area contributed by atoms with Crippen molar-refractivity contribution < 1.29 is 9.84 Å². The monoisotopic (exact) mass is 277 g/mol. The van der Waals surface area contributed by atoms with Crippen LogP contribution in [0.25, 0.3) is 0 Å². The summed E-state index contributed by atoms with van der Waals surface area (Å²) in [5.74, 6) is 0.812. The molecule has 0 radical (unpaired) electrons. The fourth-order valence-corrected chi connectivity index (χ4v) is 3.52. The molecule has 2 rings (SSSR count). The van der Waals surface area contributed by atoms with Crippen molar-refractivity contribution in [3.05, 3.63) is 29.8 Å². The van der Waals surface area contributed by atoms with E-state index in [0.717, 1.165) is 37.0 Å². The Kier molecular flexibility index (Phi) is 4.71. The van der Waals surface area contributed by atoms with Gasteiger partial charge < -0.3 is 15.6 Å². The SMILES string of the molecule is COc1ccc(C(C)(O)C2(CN)CCCCCC2)cc1. The number of ether oxygens (including phenoxy) is 1. The second-order valence-electron chi connectivity index (χ2n) is 6.20. The zero-order valence-corrected chi connectivity index (χ0v) is 12.7. The van der Waals surface area contributed by atoms with Crippen molar-refractivity contribution in [3.63, 3.8) is 0 Å². The van der Waals surface area contributed by atoms with Gasteiger partial charge in [-0.2, -0.15) is 0 Å². The van der Waals surface area contributed by atoms with Gasteiger partial charge in [0.1, 0.15) is 5.75 Å². The van der Waals surface area contributed by atoms with Crippen molar-refractivity contribution in [2.24, 2.45) is 11.1 Å². The lowest BCUT2D eigenvalue weighted by Crippen LogP contribution is -2.48. The number of aliphatic hydroxyl groups is 1. The third-order valence-electron chi connectivity index (χ3n) is 5.14. The van der Waals surface area contributed by atoms with Gasteiger partial charge >= 0.3 is 0 Å². The third kappa shape index (κ3) is 2.70. The largest absolute Gasteiger partial charge is 0.497 e. The number of hydrogen-bond acceptors (Lipinski definition) is 3. The lowest BCUT2D eigenvalue weighted by atomic mass is 9.65. The highest BCUT2D eigenvalue weighted by atomic mass is 16.5. The molecule has 0 spiro atoms. The summed E-state index contributed by atoms with van der Waals surface area (Å²) in [6.45, 7) is 2.46. The van der Waals surface area contributed by atoms with Gasteiger partial charge in [-0.3, -0.25) is 0 Å². The molecule has 0 aromatic heterocycles. The van der Waals surface area contributed by atoms with Crippen LogP contribution in [0.5, 0.6) is 5.75 Å². The molecule has 1 atom stereocenters. The van der Waals surface area contributed by atoms with Crippen LogP contribution in [-0.2, 0) is 5.60 Å². The molecule has 1 aromatic carbocycles. The van der Waals surface area contributed by atoms with E-state index >= 15 is 0 Å². The van der Waals surface area contributed by atoms with Gasteiger partial charge in [0.05, 0.1) is 12.7 Å². The molecular weight excluding hydrogens is 250 g/mol. The topological polar surface area (TPSA) is 55.5 Å². The molecule has 112 valence electrons. The Balaban J connectivity index is 2.33. The fraction of sp³-hybridized carbons (Fsp3) is 0.647. The first-order valence-electron chi connectivity index (χ1n) is 7.63. The average Bonchev–Trinajstić information content (AvgIpc) is 2.74. The zero-order valence-electron chi connectivity index (χ0n) is 12.7. The molecular formula is C17H27NO2. The van der Waals surface area contributed by atoms with E-state index in [1.807, 2.05) is 31.2 Å². The maximum Gasteiger partial charge on any atom is 0.118 e. The van der Waals surface area contributed by atoms with Gasteiger partial charge in [-0.05, 0) is 37.5 Å². The third-order valence-corrected chi connectivity index (χ3v) is 5.14. The van der Waals surface area contributed by atoms with Gasteiger partial charge in [-0.15, -0.1) is 0 Å². The first-order chi connectivity index (χ1) is 9.55. The highest BCUT2D eigenvalue weighted by Crippen LogP contribution is 2.48. The molecule has 3 nitrogen and oxygen atoms in total. The van der Waals surface area contributed by atoms with Crippen LogP contribution in [-0.4, -0.2) is 18.8 Å². The van der Waals surface area contributed by atoms with Crippen molar-refractivity contribution in [1.29, 1.82) is 0 Å². The Morgan fingerprint density at radius 2 is 1.70 bits per heavy atom. The minimum Gasteiger partial charge on any atom is -0.497 e. The van der Waals surface area contributed by atoms with Gasteiger partial charge in [0.15, 0.2) is 0 Å². The van der Waals surface area contributed by atoms with E-state index in [4.69, 9.17) is 10.5 Å². The minimum absolute atomic E-state index is 0.210. The summed E-state index contributed by atoms with van der Waals surface area (Å²) >= 11 is 0. The molecule has 20 heavy (non-hydrogen) atoms. The molecule has 0 bridgehead atoms. The summed E-state index contributed by atoms with van der Waals surface area (Å²) in [4.78, 5) is 0. The summed E-state index contributed by atoms with van der Waals surface area (Å²) in [6.07, 6.45) is 6.82. The van der Waals surface area contributed by atoms with Crippen molar-refractivity contribution in [2.45, 2.75) is 51.0 Å². The number of hydrogen-bond donors (Lipinski definition) is 2. The molecule has 3 N–H and O–H groups in total. The van der Waals surface area contributed by atoms with Crippen LogP contribution in [0.4, 0.5) is 0 Å². The van der Waals surface area contributed by atoms with Crippen molar-refractivity contribution in [1.82, 2.24) is 0 Å².